The molecule has 84 valence electrons. The topological polar surface area (TPSA) is 54.9 Å². The highest BCUT2D eigenvalue weighted by Gasteiger charge is 2.25. The highest BCUT2D eigenvalue weighted by molar-refractivity contribution is 7.08. The van der Waals surface area contributed by atoms with Crippen LogP contribution < -0.4 is 5.32 Å². The number of halogens is 1. The van der Waals surface area contributed by atoms with Crippen molar-refractivity contribution in [3.05, 3.63) is 10.6 Å². The molecule has 1 amide bonds. The largest absolute Gasteiger partial charge is 0.345 e. The van der Waals surface area contributed by atoms with E-state index in [9.17, 15) is 4.79 Å². The summed E-state index contributed by atoms with van der Waals surface area (Å²) in [5.74, 6) is 0.244. The summed E-state index contributed by atoms with van der Waals surface area (Å²) in [6.07, 6.45) is 0.785. The molecule has 0 saturated carbocycles. The lowest BCUT2D eigenvalue weighted by atomic mass is 10.0. The van der Waals surface area contributed by atoms with E-state index in [0.717, 1.165) is 18.0 Å². The van der Waals surface area contributed by atoms with E-state index in [-0.39, 0.29) is 11.4 Å². The first-order valence-electron chi connectivity index (χ1n) is 4.70. The van der Waals surface area contributed by atoms with Crippen molar-refractivity contribution in [3.63, 3.8) is 0 Å². The van der Waals surface area contributed by atoms with E-state index in [1.165, 1.54) is 0 Å². The summed E-state index contributed by atoms with van der Waals surface area (Å²) in [7, 11) is 0. The van der Waals surface area contributed by atoms with Crippen molar-refractivity contribution in [2.24, 2.45) is 0 Å². The van der Waals surface area contributed by atoms with Gasteiger partial charge in [-0.25, -0.2) is 0 Å². The zero-order valence-electron chi connectivity index (χ0n) is 9.00. The molecule has 1 aromatic rings. The molecule has 4 nitrogen and oxygen atoms in total. The highest BCUT2D eigenvalue weighted by Crippen LogP contribution is 2.15. The van der Waals surface area contributed by atoms with Gasteiger partial charge in [-0.15, -0.1) is 16.7 Å². The van der Waals surface area contributed by atoms with Crippen LogP contribution in [0.4, 0.5) is 0 Å². The molecule has 0 spiro atoms. The van der Waals surface area contributed by atoms with Gasteiger partial charge in [-0.2, -0.15) is 0 Å². The molecule has 0 bridgehead atoms. The van der Waals surface area contributed by atoms with Crippen molar-refractivity contribution in [1.82, 2.24) is 14.9 Å². The number of amides is 1. The first-order chi connectivity index (χ1) is 7.02. The van der Waals surface area contributed by atoms with Crippen molar-refractivity contribution in [2.75, 3.05) is 5.88 Å². The van der Waals surface area contributed by atoms with Gasteiger partial charge in [-0.05, 0) is 31.8 Å². The Labute approximate surface area is 98.2 Å². The van der Waals surface area contributed by atoms with Crippen molar-refractivity contribution in [2.45, 2.75) is 32.7 Å². The van der Waals surface area contributed by atoms with Crippen LogP contribution in [0.3, 0.4) is 0 Å². The van der Waals surface area contributed by atoms with E-state index in [0.29, 0.717) is 16.5 Å². The molecule has 0 aromatic carbocycles. The summed E-state index contributed by atoms with van der Waals surface area (Å²) >= 11 is 6.91. The van der Waals surface area contributed by atoms with Crippen LogP contribution in [0.2, 0.25) is 0 Å². The zero-order valence-corrected chi connectivity index (χ0v) is 10.6. The fraction of sp³-hybridized carbons (Fsp3) is 0.667. The summed E-state index contributed by atoms with van der Waals surface area (Å²) in [6.45, 7) is 5.67. The van der Waals surface area contributed by atoms with Gasteiger partial charge in [0.25, 0.3) is 5.91 Å². The maximum Gasteiger partial charge on any atom is 0.265 e. The monoisotopic (exact) mass is 247 g/mol. The number of alkyl halides is 1. The first kappa shape index (κ1) is 12.4. The average Bonchev–Trinajstić information content (AvgIpc) is 2.64. The fourth-order valence-electron chi connectivity index (χ4n) is 0.987. The van der Waals surface area contributed by atoms with Crippen LogP contribution in [0.5, 0.6) is 0 Å². The standard InChI is InChI=1S/C9H14ClN3OS/c1-4-9(3,5-10)11-8(14)7-6(2)12-13-15-7/h4-5H2,1-3H3,(H,11,14). The quantitative estimate of drug-likeness (QED) is 0.828. The number of rotatable bonds is 4. The Balaban J connectivity index is 2.76. The lowest BCUT2D eigenvalue weighted by molar-refractivity contribution is 0.0916. The zero-order chi connectivity index (χ0) is 11.5. The van der Waals surface area contributed by atoms with Gasteiger partial charge < -0.3 is 5.32 Å². The lowest BCUT2D eigenvalue weighted by Crippen LogP contribution is -2.47. The van der Waals surface area contributed by atoms with E-state index in [1.54, 1.807) is 6.92 Å². The smallest absolute Gasteiger partial charge is 0.265 e. The van der Waals surface area contributed by atoms with Crippen molar-refractivity contribution in [1.29, 1.82) is 0 Å². The van der Waals surface area contributed by atoms with Crippen LogP contribution in [-0.2, 0) is 0 Å². The van der Waals surface area contributed by atoms with E-state index in [1.807, 2.05) is 13.8 Å². The van der Waals surface area contributed by atoms with Gasteiger partial charge in [0.1, 0.15) is 4.88 Å². The molecule has 1 N–H and O–H groups in total. The molecule has 0 fully saturated rings. The van der Waals surface area contributed by atoms with Gasteiger partial charge in [-0.3, -0.25) is 4.79 Å². The number of aromatic nitrogens is 2. The predicted molar refractivity (Wildman–Crippen MR) is 61.5 cm³/mol. The van der Waals surface area contributed by atoms with Gasteiger partial charge in [0.15, 0.2) is 0 Å². The minimum atomic E-state index is -0.366. The maximum absolute atomic E-state index is 11.8. The van der Waals surface area contributed by atoms with Crippen LogP contribution in [0.1, 0.15) is 35.6 Å². The molecule has 1 atom stereocenters. The maximum atomic E-state index is 11.8. The summed E-state index contributed by atoms with van der Waals surface area (Å²) < 4.78 is 3.72. The normalized spacial score (nSPS) is 14.7. The van der Waals surface area contributed by atoms with Crippen molar-refractivity contribution >= 4 is 29.0 Å². The first-order valence-corrected chi connectivity index (χ1v) is 6.00. The SMILES string of the molecule is CCC(C)(CCl)NC(=O)c1snnc1C. The Bertz CT molecular complexity index is 349. The van der Waals surface area contributed by atoms with E-state index in [2.05, 4.69) is 14.9 Å². The number of hydrogen-bond donors (Lipinski definition) is 1. The molecule has 0 radical (unpaired) electrons. The third kappa shape index (κ3) is 2.89. The van der Waals surface area contributed by atoms with E-state index in [4.69, 9.17) is 11.6 Å². The fourth-order valence-corrected chi connectivity index (χ4v) is 1.79. The third-order valence-corrected chi connectivity index (χ3v) is 3.76. The predicted octanol–water partition coefficient (Wildman–Crippen LogP) is 1.98. The van der Waals surface area contributed by atoms with Gasteiger partial charge in [0.05, 0.1) is 11.2 Å². The van der Waals surface area contributed by atoms with Crippen LogP contribution in [0.15, 0.2) is 0 Å². The minimum Gasteiger partial charge on any atom is -0.345 e. The van der Waals surface area contributed by atoms with Crippen LogP contribution in [0, 0.1) is 6.92 Å². The number of hydrogen-bond acceptors (Lipinski definition) is 4. The molecule has 6 heteroatoms. The van der Waals surface area contributed by atoms with E-state index >= 15 is 0 Å². The summed E-state index contributed by atoms with van der Waals surface area (Å²) in [6, 6.07) is 0. The van der Waals surface area contributed by atoms with E-state index < -0.39 is 0 Å². The van der Waals surface area contributed by atoms with Crippen LogP contribution >= 0.6 is 23.1 Å². The Morgan fingerprint density at radius 3 is 2.73 bits per heavy atom. The molecule has 1 rings (SSSR count). The Morgan fingerprint density at radius 2 is 2.33 bits per heavy atom. The molecule has 0 aliphatic carbocycles. The molecular weight excluding hydrogens is 234 g/mol. The minimum absolute atomic E-state index is 0.146. The number of carbonyl (C=O) groups is 1. The second-order valence-corrected chi connectivity index (χ2v) is 4.71. The molecule has 15 heavy (non-hydrogen) atoms. The summed E-state index contributed by atoms with van der Waals surface area (Å²) in [5, 5.41) is 6.69. The molecule has 0 aliphatic heterocycles. The van der Waals surface area contributed by atoms with Gasteiger partial charge in [0.2, 0.25) is 0 Å². The van der Waals surface area contributed by atoms with Gasteiger partial charge in [0, 0.05) is 5.88 Å². The number of nitrogens with zero attached hydrogens (tertiary/aromatic N) is 2. The molecular formula is C9H14ClN3OS. The Kier molecular flexibility index (Phi) is 4.04. The third-order valence-electron chi connectivity index (χ3n) is 2.35. The summed E-state index contributed by atoms with van der Waals surface area (Å²) in [5.41, 5.74) is 0.292. The van der Waals surface area contributed by atoms with Crippen LogP contribution in [-0.4, -0.2) is 26.9 Å². The number of aryl methyl sites for hydroxylation is 1. The highest BCUT2D eigenvalue weighted by atomic mass is 35.5. The van der Waals surface area contributed by atoms with Crippen molar-refractivity contribution < 1.29 is 4.79 Å². The van der Waals surface area contributed by atoms with Gasteiger partial charge >= 0.3 is 0 Å². The molecule has 1 unspecified atom stereocenters. The molecule has 1 aromatic heterocycles. The molecule has 1 heterocycles. The Hall–Kier alpha value is -0.680. The number of nitrogens with one attached hydrogen (secondary N) is 1. The summed E-state index contributed by atoms with van der Waals surface area (Å²) in [4.78, 5) is 12.4. The van der Waals surface area contributed by atoms with Crippen molar-refractivity contribution in [3.8, 4) is 0 Å². The Morgan fingerprint density at radius 1 is 1.67 bits per heavy atom. The van der Waals surface area contributed by atoms with Gasteiger partial charge in [-0.1, -0.05) is 11.4 Å². The number of carbonyl (C=O) groups excluding carboxylic acids is 1. The lowest BCUT2D eigenvalue weighted by Gasteiger charge is -2.26. The molecule has 0 saturated heterocycles. The second-order valence-electron chi connectivity index (χ2n) is 3.69. The second kappa shape index (κ2) is 4.90. The van der Waals surface area contributed by atoms with Crippen LogP contribution in [0.25, 0.3) is 0 Å². The molecule has 0 aliphatic rings. The average molecular weight is 248 g/mol.